The van der Waals surface area contributed by atoms with Crippen LogP contribution in [0.1, 0.15) is 48.5 Å². The number of nitrogens with one attached hydrogen (secondary N) is 3. The first kappa shape index (κ1) is 19.6. The van der Waals surface area contributed by atoms with Crippen molar-refractivity contribution in [1.29, 1.82) is 0 Å². The first-order valence-electron chi connectivity index (χ1n) is 7.46. The van der Waals surface area contributed by atoms with Gasteiger partial charge in [-0.25, -0.2) is 0 Å². The molecule has 0 saturated carbocycles. The van der Waals surface area contributed by atoms with Crippen LogP contribution in [0.4, 0.5) is 0 Å². The molecule has 0 saturated heterocycles. The third-order valence-corrected chi connectivity index (χ3v) is 3.08. The van der Waals surface area contributed by atoms with Gasteiger partial charge in [-0.3, -0.25) is 14.4 Å². The minimum atomic E-state index is -0.684. The van der Waals surface area contributed by atoms with Crippen molar-refractivity contribution >= 4 is 17.6 Å². The van der Waals surface area contributed by atoms with Gasteiger partial charge in [0.2, 0.25) is 11.8 Å². The number of amides is 2. The van der Waals surface area contributed by atoms with Crippen molar-refractivity contribution in [3.63, 3.8) is 0 Å². The molecule has 0 rings (SSSR count). The van der Waals surface area contributed by atoms with Gasteiger partial charge in [-0.1, -0.05) is 27.7 Å². The molecule has 3 unspecified atom stereocenters. The van der Waals surface area contributed by atoms with E-state index in [-0.39, 0.29) is 35.6 Å². The van der Waals surface area contributed by atoms with Gasteiger partial charge in [-0.05, 0) is 20.8 Å². The van der Waals surface area contributed by atoms with E-state index in [1.807, 2.05) is 13.8 Å². The number of hydrogen-bond acceptors (Lipinski definition) is 4. The normalized spacial score (nSPS) is 15.5. The number of rotatable bonds is 8. The Morgan fingerprint density at radius 2 is 1.10 bits per heavy atom. The second kappa shape index (κ2) is 8.77. The maximum atomic E-state index is 12.0. The van der Waals surface area contributed by atoms with Crippen LogP contribution in [-0.4, -0.2) is 41.8 Å². The highest BCUT2D eigenvalue weighted by Gasteiger charge is 2.23. The maximum Gasteiger partial charge on any atom is 0.242 e. The molecule has 3 atom stereocenters. The van der Waals surface area contributed by atoms with Crippen LogP contribution in [0.15, 0.2) is 0 Å². The average Bonchev–Trinajstić information content (AvgIpc) is 2.36. The van der Waals surface area contributed by atoms with Gasteiger partial charge in [0.25, 0.3) is 0 Å². The Bertz CT molecular complexity index is 380. The number of hydrogen-bond donors (Lipinski definition) is 3. The lowest BCUT2D eigenvalue weighted by molar-refractivity contribution is -0.132. The van der Waals surface area contributed by atoms with E-state index in [9.17, 15) is 14.4 Å². The molecule has 0 aliphatic carbocycles. The average molecular weight is 299 g/mol. The van der Waals surface area contributed by atoms with Gasteiger partial charge >= 0.3 is 0 Å². The summed E-state index contributed by atoms with van der Waals surface area (Å²) in [6.07, 6.45) is 0. The molecule has 0 spiro atoms. The predicted octanol–water partition coefficient (Wildman–Crippen LogP) is 0.607. The summed E-state index contributed by atoms with van der Waals surface area (Å²) in [5.74, 6) is -0.770. The number of carbonyl (C=O) groups excluding carboxylic acids is 3. The van der Waals surface area contributed by atoms with Gasteiger partial charge in [-0.2, -0.15) is 0 Å². The van der Waals surface area contributed by atoms with E-state index < -0.39 is 12.1 Å². The summed E-state index contributed by atoms with van der Waals surface area (Å²) in [5.41, 5.74) is 0. The van der Waals surface area contributed by atoms with Gasteiger partial charge in [0.1, 0.15) is 6.04 Å². The van der Waals surface area contributed by atoms with E-state index >= 15 is 0 Å². The summed E-state index contributed by atoms with van der Waals surface area (Å²) < 4.78 is 0. The topological polar surface area (TPSA) is 87.3 Å². The van der Waals surface area contributed by atoms with Crippen LogP contribution in [-0.2, 0) is 14.4 Å². The van der Waals surface area contributed by atoms with Crippen molar-refractivity contribution in [1.82, 2.24) is 16.0 Å². The highest BCUT2D eigenvalue weighted by Crippen LogP contribution is 2.00. The summed E-state index contributed by atoms with van der Waals surface area (Å²) in [4.78, 5) is 35.6. The van der Waals surface area contributed by atoms with Crippen LogP contribution in [0.25, 0.3) is 0 Å². The standard InChI is InChI=1S/C15H29N3O3/c1-8(2)13(19)10(5)17-15(21)12(7)18-14(20)11(6)16-9(3)4/h8-12,16H,1-7H3,(H,17,21)(H,18,20). The first-order chi connectivity index (χ1) is 9.56. The SMILES string of the molecule is CC(C)NC(C)C(=O)NC(C)C(=O)NC(C)C(=O)C(C)C. The van der Waals surface area contributed by atoms with Gasteiger partial charge in [0.05, 0.1) is 12.1 Å². The highest BCUT2D eigenvalue weighted by atomic mass is 16.2. The van der Waals surface area contributed by atoms with Crippen molar-refractivity contribution in [2.75, 3.05) is 0 Å². The van der Waals surface area contributed by atoms with Crippen molar-refractivity contribution < 1.29 is 14.4 Å². The van der Waals surface area contributed by atoms with E-state index in [1.54, 1.807) is 34.6 Å². The molecule has 6 nitrogen and oxygen atoms in total. The largest absolute Gasteiger partial charge is 0.345 e. The molecule has 0 aliphatic rings. The van der Waals surface area contributed by atoms with Gasteiger partial charge in [0, 0.05) is 12.0 Å². The Morgan fingerprint density at radius 3 is 1.52 bits per heavy atom. The fourth-order valence-electron chi connectivity index (χ4n) is 1.89. The third kappa shape index (κ3) is 7.22. The first-order valence-corrected chi connectivity index (χ1v) is 7.46. The molecule has 2 amide bonds. The lowest BCUT2D eigenvalue weighted by Gasteiger charge is -2.21. The van der Waals surface area contributed by atoms with E-state index in [1.165, 1.54) is 0 Å². The zero-order valence-corrected chi connectivity index (χ0v) is 14.1. The molecular formula is C15H29N3O3. The molecule has 0 aromatic carbocycles. The van der Waals surface area contributed by atoms with E-state index in [0.29, 0.717) is 0 Å². The summed E-state index contributed by atoms with van der Waals surface area (Å²) in [6.45, 7) is 12.5. The van der Waals surface area contributed by atoms with Gasteiger partial charge < -0.3 is 16.0 Å². The second-order valence-electron chi connectivity index (χ2n) is 6.06. The molecule has 0 aromatic heterocycles. The smallest absolute Gasteiger partial charge is 0.242 e. The summed E-state index contributed by atoms with van der Waals surface area (Å²) in [7, 11) is 0. The zero-order valence-electron chi connectivity index (χ0n) is 14.1. The Hall–Kier alpha value is -1.43. The van der Waals surface area contributed by atoms with Crippen LogP contribution in [0.2, 0.25) is 0 Å². The molecule has 21 heavy (non-hydrogen) atoms. The summed E-state index contributed by atoms with van der Waals surface area (Å²) in [6, 6.07) is -1.44. The van der Waals surface area contributed by atoms with Crippen molar-refractivity contribution in [2.45, 2.75) is 72.6 Å². The Morgan fingerprint density at radius 1 is 0.667 bits per heavy atom. The van der Waals surface area contributed by atoms with E-state index in [0.717, 1.165) is 0 Å². The number of ketones is 1. The van der Waals surface area contributed by atoms with Crippen molar-refractivity contribution in [2.24, 2.45) is 5.92 Å². The molecular weight excluding hydrogens is 270 g/mol. The Labute approximate surface area is 127 Å². The predicted molar refractivity (Wildman–Crippen MR) is 82.8 cm³/mol. The van der Waals surface area contributed by atoms with Crippen LogP contribution in [0.3, 0.4) is 0 Å². The quantitative estimate of drug-likeness (QED) is 0.613. The molecule has 6 heteroatoms. The lowest BCUT2D eigenvalue weighted by Crippen LogP contribution is -2.53. The minimum absolute atomic E-state index is 0.0308. The summed E-state index contributed by atoms with van der Waals surface area (Å²) >= 11 is 0. The molecule has 0 aliphatic heterocycles. The van der Waals surface area contributed by atoms with Crippen molar-refractivity contribution in [3.8, 4) is 0 Å². The van der Waals surface area contributed by atoms with Crippen LogP contribution in [0, 0.1) is 5.92 Å². The molecule has 3 N–H and O–H groups in total. The third-order valence-electron chi connectivity index (χ3n) is 3.08. The molecule has 0 bridgehead atoms. The Kier molecular flexibility index (Phi) is 8.17. The van der Waals surface area contributed by atoms with Crippen LogP contribution < -0.4 is 16.0 Å². The van der Waals surface area contributed by atoms with Gasteiger partial charge in [-0.15, -0.1) is 0 Å². The minimum Gasteiger partial charge on any atom is -0.345 e. The molecule has 0 heterocycles. The molecule has 122 valence electrons. The lowest BCUT2D eigenvalue weighted by atomic mass is 10.0. The van der Waals surface area contributed by atoms with Crippen molar-refractivity contribution in [3.05, 3.63) is 0 Å². The maximum absolute atomic E-state index is 12.0. The van der Waals surface area contributed by atoms with E-state index in [2.05, 4.69) is 16.0 Å². The molecule has 0 aromatic rings. The van der Waals surface area contributed by atoms with Crippen LogP contribution in [0.5, 0.6) is 0 Å². The summed E-state index contributed by atoms with van der Waals surface area (Å²) in [5, 5.41) is 8.32. The zero-order chi connectivity index (χ0) is 16.7. The fraction of sp³-hybridized carbons (Fsp3) is 0.800. The van der Waals surface area contributed by atoms with Gasteiger partial charge in [0.15, 0.2) is 5.78 Å². The van der Waals surface area contributed by atoms with Crippen LogP contribution >= 0.6 is 0 Å². The number of carbonyl (C=O) groups is 3. The highest BCUT2D eigenvalue weighted by molar-refractivity contribution is 5.93. The second-order valence-corrected chi connectivity index (χ2v) is 6.06. The monoisotopic (exact) mass is 299 g/mol. The molecule has 0 fully saturated rings. The fourth-order valence-corrected chi connectivity index (χ4v) is 1.89. The number of Topliss-reactive ketones (excluding diaryl/α,β-unsaturated/α-hetero) is 1. The van der Waals surface area contributed by atoms with E-state index in [4.69, 9.17) is 0 Å². The molecule has 0 radical (unpaired) electrons. The Balaban J connectivity index is 4.39.